The van der Waals surface area contributed by atoms with Gasteiger partial charge < -0.3 is 14.8 Å². The Kier molecular flexibility index (Phi) is 7.16. The van der Waals surface area contributed by atoms with E-state index in [4.69, 9.17) is 9.47 Å². The van der Waals surface area contributed by atoms with Crippen molar-refractivity contribution in [3.8, 4) is 5.69 Å². The van der Waals surface area contributed by atoms with E-state index >= 15 is 0 Å². The Morgan fingerprint density at radius 1 is 1.03 bits per heavy atom. The molecule has 0 spiro atoms. The van der Waals surface area contributed by atoms with E-state index in [2.05, 4.69) is 10.4 Å². The van der Waals surface area contributed by atoms with Crippen LogP contribution in [0, 0.1) is 6.92 Å². The van der Waals surface area contributed by atoms with Gasteiger partial charge in [-0.1, -0.05) is 30.3 Å². The molecule has 8 heteroatoms. The van der Waals surface area contributed by atoms with Gasteiger partial charge in [0.25, 0.3) is 5.91 Å². The number of carbonyl (C=O) groups excluding carboxylic acids is 3. The van der Waals surface area contributed by atoms with Crippen LogP contribution in [0.2, 0.25) is 0 Å². The largest absolute Gasteiger partial charge is 0.467 e. The van der Waals surface area contributed by atoms with Gasteiger partial charge in [-0.15, -0.1) is 0 Å². The molecular formula is C23H23N3O5. The molecule has 160 valence electrons. The van der Waals surface area contributed by atoms with Crippen molar-refractivity contribution in [2.24, 2.45) is 0 Å². The fraction of sp³-hybridized carbons (Fsp3) is 0.217. The average Bonchev–Trinajstić information content (AvgIpc) is 3.23. The summed E-state index contributed by atoms with van der Waals surface area (Å²) in [5.41, 5.74) is 2.93. The van der Waals surface area contributed by atoms with E-state index in [9.17, 15) is 14.4 Å². The Labute approximate surface area is 179 Å². The molecule has 0 saturated carbocycles. The van der Waals surface area contributed by atoms with Crippen LogP contribution in [0.5, 0.6) is 0 Å². The summed E-state index contributed by atoms with van der Waals surface area (Å²) in [5.74, 6) is -1.81. The van der Waals surface area contributed by atoms with Crippen LogP contribution in [0.3, 0.4) is 0 Å². The zero-order valence-electron chi connectivity index (χ0n) is 17.3. The van der Waals surface area contributed by atoms with Gasteiger partial charge in [0.05, 0.1) is 18.4 Å². The quantitative estimate of drug-likeness (QED) is 0.560. The van der Waals surface area contributed by atoms with Crippen molar-refractivity contribution in [2.45, 2.75) is 19.4 Å². The maximum absolute atomic E-state index is 12.3. The van der Waals surface area contributed by atoms with Crippen molar-refractivity contribution in [1.82, 2.24) is 15.1 Å². The van der Waals surface area contributed by atoms with Crippen molar-refractivity contribution in [2.75, 3.05) is 13.7 Å². The Balaban J connectivity index is 1.55. The molecular weight excluding hydrogens is 398 g/mol. The van der Waals surface area contributed by atoms with E-state index in [1.807, 2.05) is 43.3 Å². The number of benzene rings is 2. The summed E-state index contributed by atoms with van der Waals surface area (Å²) in [6.07, 6.45) is 1.96. The lowest BCUT2D eigenvalue weighted by atomic mass is 10.1. The number of aromatic nitrogens is 2. The highest BCUT2D eigenvalue weighted by atomic mass is 16.5. The number of ether oxygens (including phenoxy) is 2. The number of aryl methyl sites for hydroxylation is 1. The summed E-state index contributed by atoms with van der Waals surface area (Å²) in [6.45, 7) is 1.41. The van der Waals surface area contributed by atoms with E-state index in [-0.39, 0.29) is 6.42 Å². The Morgan fingerprint density at radius 2 is 1.74 bits per heavy atom. The lowest BCUT2D eigenvalue weighted by Crippen LogP contribution is -2.44. The summed E-state index contributed by atoms with van der Waals surface area (Å²) < 4.78 is 11.6. The van der Waals surface area contributed by atoms with Gasteiger partial charge in [0.2, 0.25) is 0 Å². The molecule has 1 aromatic heterocycles. The second-order valence-corrected chi connectivity index (χ2v) is 6.84. The minimum atomic E-state index is -0.879. The van der Waals surface area contributed by atoms with Gasteiger partial charge in [-0.25, -0.2) is 14.3 Å². The van der Waals surface area contributed by atoms with Gasteiger partial charge in [-0.05, 0) is 42.8 Å². The van der Waals surface area contributed by atoms with Crippen LogP contribution in [0.25, 0.3) is 5.69 Å². The zero-order chi connectivity index (χ0) is 22.2. The molecule has 31 heavy (non-hydrogen) atoms. The van der Waals surface area contributed by atoms with Gasteiger partial charge in [-0.3, -0.25) is 4.79 Å². The molecule has 0 aliphatic heterocycles. The number of hydrogen-bond acceptors (Lipinski definition) is 6. The molecule has 3 rings (SSSR count). The van der Waals surface area contributed by atoms with E-state index < -0.39 is 30.5 Å². The topological polar surface area (TPSA) is 99.5 Å². The molecule has 0 unspecified atom stereocenters. The van der Waals surface area contributed by atoms with Gasteiger partial charge >= 0.3 is 11.9 Å². The highest BCUT2D eigenvalue weighted by Gasteiger charge is 2.22. The van der Waals surface area contributed by atoms with Crippen LogP contribution in [-0.4, -0.2) is 47.4 Å². The summed E-state index contributed by atoms with van der Waals surface area (Å²) in [5, 5.41) is 6.76. The van der Waals surface area contributed by atoms with Crippen molar-refractivity contribution in [3.63, 3.8) is 0 Å². The number of hydrogen-bond donors (Lipinski definition) is 1. The van der Waals surface area contributed by atoms with E-state index in [0.29, 0.717) is 5.56 Å². The number of esters is 2. The Bertz CT molecular complexity index is 1040. The first-order valence-corrected chi connectivity index (χ1v) is 9.67. The molecule has 0 aliphatic carbocycles. The Hall–Kier alpha value is -3.94. The number of nitrogens with zero attached hydrogens (tertiary/aromatic N) is 2. The lowest BCUT2D eigenvalue weighted by molar-refractivity contribution is -0.145. The normalized spacial score (nSPS) is 11.4. The van der Waals surface area contributed by atoms with Crippen LogP contribution < -0.4 is 5.32 Å². The molecule has 0 saturated heterocycles. The maximum atomic E-state index is 12.3. The van der Waals surface area contributed by atoms with Gasteiger partial charge in [0, 0.05) is 18.3 Å². The smallest absolute Gasteiger partial charge is 0.338 e. The summed E-state index contributed by atoms with van der Waals surface area (Å²) >= 11 is 0. The molecule has 1 atom stereocenters. The standard InChI is InChI=1S/C23H23N3O5/c1-16-12-13-24-26(16)19-10-8-18(9-11-19)22(28)31-15-21(27)25-20(23(29)30-2)14-17-6-4-3-5-7-17/h3-13,20H,14-15H2,1-2H3,(H,25,27)/t20-/m1/s1. The van der Waals surface area contributed by atoms with Crippen LogP contribution in [0.4, 0.5) is 0 Å². The number of rotatable bonds is 8. The highest BCUT2D eigenvalue weighted by molar-refractivity contribution is 5.92. The van der Waals surface area contributed by atoms with E-state index in [1.54, 1.807) is 35.1 Å². The average molecular weight is 421 g/mol. The minimum absolute atomic E-state index is 0.265. The third kappa shape index (κ3) is 5.79. The summed E-state index contributed by atoms with van der Waals surface area (Å²) in [4.78, 5) is 36.5. The van der Waals surface area contributed by atoms with Gasteiger partial charge in [0.1, 0.15) is 6.04 Å². The summed E-state index contributed by atoms with van der Waals surface area (Å²) in [7, 11) is 1.25. The first kappa shape index (κ1) is 21.8. The van der Waals surface area contributed by atoms with Crippen molar-refractivity contribution < 1.29 is 23.9 Å². The number of nitrogens with one attached hydrogen (secondary N) is 1. The van der Waals surface area contributed by atoms with Crippen LogP contribution in [0.1, 0.15) is 21.6 Å². The molecule has 0 fully saturated rings. The molecule has 3 aromatic rings. The molecule has 1 N–H and O–H groups in total. The molecule has 1 heterocycles. The number of methoxy groups -OCH3 is 1. The third-order valence-corrected chi connectivity index (χ3v) is 4.62. The highest BCUT2D eigenvalue weighted by Crippen LogP contribution is 2.12. The number of amides is 1. The van der Waals surface area contributed by atoms with Crippen molar-refractivity contribution in [3.05, 3.63) is 83.7 Å². The van der Waals surface area contributed by atoms with Gasteiger partial charge in [0.15, 0.2) is 6.61 Å². The monoisotopic (exact) mass is 421 g/mol. The molecule has 0 aliphatic rings. The molecule has 1 amide bonds. The number of carbonyl (C=O) groups is 3. The molecule has 8 nitrogen and oxygen atoms in total. The van der Waals surface area contributed by atoms with Crippen LogP contribution in [-0.2, 0) is 25.5 Å². The fourth-order valence-corrected chi connectivity index (χ4v) is 3.01. The third-order valence-electron chi connectivity index (χ3n) is 4.62. The minimum Gasteiger partial charge on any atom is -0.467 e. The fourth-order valence-electron chi connectivity index (χ4n) is 3.01. The van der Waals surface area contributed by atoms with E-state index in [1.165, 1.54) is 7.11 Å². The maximum Gasteiger partial charge on any atom is 0.338 e. The van der Waals surface area contributed by atoms with E-state index in [0.717, 1.165) is 16.9 Å². The molecule has 0 bridgehead atoms. The zero-order valence-corrected chi connectivity index (χ0v) is 17.3. The molecule has 2 aromatic carbocycles. The van der Waals surface area contributed by atoms with Crippen LogP contribution >= 0.6 is 0 Å². The van der Waals surface area contributed by atoms with Gasteiger partial charge in [-0.2, -0.15) is 5.10 Å². The second kappa shape index (κ2) is 10.2. The first-order chi connectivity index (χ1) is 15.0. The SMILES string of the molecule is COC(=O)[C@@H](Cc1ccccc1)NC(=O)COC(=O)c1ccc(-n2nccc2C)cc1. The lowest BCUT2D eigenvalue weighted by Gasteiger charge is -2.16. The predicted octanol–water partition coefficient (Wildman–Crippen LogP) is 2.24. The summed E-state index contributed by atoms with van der Waals surface area (Å²) in [6, 6.07) is 16.9. The second-order valence-electron chi connectivity index (χ2n) is 6.84. The predicted molar refractivity (Wildman–Crippen MR) is 113 cm³/mol. The molecule has 0 radical (unpaired) electrons. The first-order valence-electron chi connectivity index (χ1n) is 9.67. The van der Waals surface area contributed by atoms with Crippen molar-refractivity contribution in [1.29, 1.82) is 0 Å². The van der Waals surface area contributed by atoms with Crippen LogP contribution in [0.15, 0.2) is 66.9 Å². The Morgan fingerprint density at radius 3 is 2.35 bits per heavy atom. The van der Waals surface area contributed by atoms with Crippen molar-refractivity contribution >= 4 is 17.8 Å².